The summed E-state index contributed by atoms with van der Waals surface area (Å²) in [6.07, 6.45) is 0. The number of primary amides is 1. The molecule has 1 aromatic heterocycles. The van der Waals surface area contributed by atoms with Gasteiger partial charge >= 0.3 is 0 Å². The van der Waals surface area contributed by atoms with Crippen LogP contribution >= 0.6 is 11.6 Å². The molecule has 0 bridgehead atoms. The Bertz CT molecular complexity index is 809. The number of aromatic amines is 1. The maximum atomic E-state index is 13.0. The molecule has 0 spiro atoms. The van der Waals surface area contributed by atoms with Crippen LogP contribution in [0.2, 0.25) is 5.02 Å². The van der Waals surface area contributed by atoms with E-state index in [-0.39, 0.29) is 5.82 Å². The molecule has 3 N–H and O–H groups in total. The molecule has 0 aliphatic carbocycles. The molecule has 0 radical (unpaired) electrons. The summed E-state index contributed by atoms with van der Waals surface area (Å²) in [4.78, 5) is 14.2. The fraction of sp³-hybridized carbons (Fsp3) is 0. The molecule has 0 unspecified atom stereocenters. The second kappa shape index (κ2) is 4.65. The summed E-state index contributed by atoms with van der Waals surface area (Å²) in [7, 11) is 0. The Kier molecular flexibility index (Phi) is 2.95. The lowest BCUT2D eigenvalue weighted by Gasteiger charge is -2.05. The lowest BCUT2D eigenvalue weighted by atomic mass is 10.0. The Balaban J connectivity index is 2.28. The fourth-order valence-electron chi connectivity index (χ4n) is 2.20. The highest BCUT2D eigenvalue weighted by Gasteiger charge is 2.11. The number of benzene rings is 2. The van der Waals surface area contributed by atoms with Crippen molar-refractivity contribution in [3.63, 3.8) is 0 Å². The Labute approximate surface area is 119 Å². The number of H-pyrrole nitrogens is 1. The van der Waals surface area contributed by atoms with E-state index in [1.165, 1.54) is 12.1 Å². The number of hydrogen-bond acceptors (Lipinski definition) is 1. The summed E-state index contributed by atoms with van der Waals surface area (Å²) in [6, 6.07) is 11.2. The summed E-state index contributed by atoms with van der Waals surface area (Å²) in [5.41, 5.74) is 7.92. The topological polar surface area (TPSA) is 58.9 Å². The molecular weight excluding hydrogens is 279 g/mol. The van der Waals surface area contributed by atoms with Crippen LogP contribution in [0.3, 0.4) is 0 Å². The van der Waals surface area contributed by atoms with Gasteiger partial charge in [-0.05, 0) is 35.9 Å². The largest absolute Gasteiger partial charge is 0.364 e. The van der Waals surface area contributed by atoms with E-state index in [9.17, 15) is 9.18 Å². The lowest BCUT2D eigenvalue weighted by Crippen LogP contribution is -2.10. The molecule has 0 saturated carbocycles. The third-order valence-corrected chi connectivity index (χ3v) is 3.33. The summed E-state index contributed by atoms with van der Waals surface area (Å²) in [6.45, 7) is 0. The van der Waals surface area contributed by atoms with Crippen LogP contribution in [0.4, 0.5) is 4.39 Å². The number of amides is 1. The van der Waals surface area contributed by atoms with Crippen molar-refractivity contribution < 1.29 is 9.18 Å². The van der Waals surface area contributed by atoms with Crippen LogP contribution in [0, 0.1) is 5.82 Å². The van der Waals surface area contributed by atoms with Crippen molar-refractivity contribution in [2.45, 2.75) is 0 Å². The molecule has 100 valence electrons. The van der Waals surface area contributed by atoms with E-state index in [0.29, 0.717) is 10.7 Å². The molecule has 0 saturated heterocycles. The number of rotatable bonds is 2. The zero-order chi connectivity index (χ0) is 14.3. The number of hydrogen-bond donors (Lipinski definition) is 2. The number of halogens is 2. The predicted molar refractivity (Wildman–Crippen MR) is 77.2 cm³/mol. The SMILES string of the molecule is NC(=O)c1cc2cc(Cl)cc(-c3ccc(F)cc3)c2[nH]1. The number of fused-ring (bicyclic) bond motifs is 1. The molecule has 2 aromatic carbocycles. The van der Waals surface area contributed by atoms with Crippen molar-refractivity contribution in [1.29, 1.82) is 0 Å². The van der Waals surface area contributed by atoms with E-state index in [2.05, 4.69) is 4.98 Å². The lowest BCUT2D eigenvalue weighted by molar-refractivity contribution is 0.0996. The van der Waals surface area contributed by atoms with Gasteiger partial charge in [-0.25, -0.2) is 4.39 Å². The molecule has 0 fully saturated rings. The van der Waals surface area contributed by atoms with Gasteiger partial charge in [-0.1, -0.05) is 23.7 Å². The highest BCUT2D eigenvalue weighted by molar-refractivity contribution is 6.32. The number of carbonyl (C=O) groups excluding carboxylic acids is 1. The third-order valence-electron chi connectivity index (χ3n) is 3.11. The van der Waals surface area contributed by atoms with E-state index in [4.69, 9.17) is 17.3 Å². The molecule has 5 heteroatoms. The Morgan fingerprint density at radius 2 is 1.85 bits per heavy atom. The highest BCUT2D eigenvalue weighted by Crippen LogP contribution is 2.32. The quantitative estimate of drug-likeness (QED) is 0.742. The van der Waals surface area contributed by atoms with Crippen molar-refractivity contribution in [3.8, 4) is 11.1 Å². The van der Waals surface area contributed by atoms with Gasteiger partial charge in [-0.15, -0.1) is 0 Å². The number of carbonyl (C=O) groups is 1. The molecular formula is C15H10ClFN2O. The van der Waals surface area contributed by atoms with Gasteiger partial charge in [0.15, 0.2) is 0 Å². The first-order valence-electron chi connectivity index (χ1n) is 5.92. The summed E-state index contributed by atoms with van der Waals surface area (Å²) in [5.74, 6) is -0.848. The van der Waals surface area contributed by atoms with Gasteiger partial charge in [0.1, 0.15) is 11.5 Å². The normalized spacial score (nSPS) is 10.9. The van der Waals surface area contributed by atoms with E-state index in [0.717, 1.165) is 22.0 Å². The minimum absolute atomic E-state index is 0.309. The predicted octanol–water partition coefficient (Wildman–Crippen LogP) is 3.73. The summed E-state index contributed by atoms with van der Waals surface area (Å²) >= 11 is 6.09. The Morgan fingerprint density at radius 3 is 2.50 bits per heavy atom. The summed E-state index contributed by atoms with van der Waals surface area (Å²) in [5, 5.41) is 1.32. The molecule has 3 aromatic rings. The first-order chi connectivity index (χ1) is 9.54. The molecule has 20 heavy (non-hydrogen) atoms. The van der Waals surface area contributed by atoms with Gasteiger partial charge in [0, 0.05) is 16.0 Å². The van der Waals surface area contributed by atoms with Gasteiger partial charge in [-0.3, -0.25) is 4.79 Å². The molecule has 0 aliphatic rings. The average molecular weight is 289 g/mol. The van der Waals surface area contributed by atoms with Crippen LogP contribution in [-0.2, 0) is 0 Å². The average Bonchev–Trinajstić information content (AvgIpc) is 2.82. The van der Waals surface area contributed by atoms with Crippen LogP contribution in [0.5, 0.6) is 0 Å². The van der Waals surface area contributed by atoms with Crippen molar-refractivity contribution in [1.82, 2.24) is 4.98 Å². The van der Waals surface area contributed by atoms with Crippen LogP contribution in [0.15, 0.2) is 42.5 Å². The number of aromatic nitrogens is 1. The van der Waals surface area contributed by atoms with Crippen molar-refractivity contribution in [2.75, 3.05) is 0 Å². The summed E-state index contributed by atoms with van der Waals surface area (Å²) < 4.78 is 13.0. The second-order valence-electron chi connectivity index (χ2n) is 4.47. The standard InChI is InChI=1S/C15H10ClFN2O/c16-10-5-9-6-13(15(18)20)19-14(9)12(7-10)8-1-3-11(17)4-2-8/h1-7,19H,(H2,18,20). The molecule has 3 nitrogen and oxygen atoms in total. The van der Waals surface area contributed by atoms with Gasteiger partial charge < -0.3 is 10.7 Å². The van der Waals surface area contributed by atoms with Gasteiger partial charge in [0.05, 0.1) is 5.52 Å². The maximum absolute atomic E-state index is 13.0. The molecule has 3 rings (SSSR count). The Morgan fingerprint density at radius 1 is 1.15 bits per heavy atom. The van der Waals surface area contributed by atoms with Crippen molar-refractivity contribution >= 4 is 28.4 Å². The monoisotopic (exact) mass is 288 g/mol. The van der Waals surface area contributed by atoms with Crippen LogP contribution in [0.1, 0.15) is 10.5 Å². The first kappa shape index (κ1) is 12.7. The van der Waals surface area contributed by atoms with Gasteiger partial charge in [0.2, 0.25) is 0 Å². The van der Waals surface area contributed by atoms with Crippen LogP contribution in [-0.4, -0.2) is 10.9 Å². The van der Waals surface area contributed by atoms with Crippen molar-refractivity contribution in [3.05, 3.63) is 59.0 Å². The molecule has 1 amide bonds. The number of nitrogens with two attached hydrogens (primary N) is 1. The fourth-order valence-corrected chi connectivity index (χ4v) is 2.42. The van der Waals surface area contributed by atoms with Crippen molar-refractivity contribution in [2.24, 2.45) is 5.73 Å². The molecule has 0 atom stereocenters. The second-order valence-corrected chi connectivity index (χ2v) is 4.91. The zero-order valence-corrected chi connectivity index (χ0v) is 11.0. The highest BCUT2D eigenvalue weighted by atomic mass is 35.5. The van der Waals surface area contributed by atoms with E-state index >= 15 is 0 Å². The molecule has 0 aliphatic heterocycles. The van der Waals surface area contributed by atoms with Gasteiger partial charge in [-0.2, -0.15) is 0 Å². The van der Waals surface area contributed by atoms with Crippen LogP contribution < -0.4 is 5.73 Å². The van der Waals surface area contributed by atoms with E-state index < -0.39 is 5.91 Å². The first-order valence-corrected chi connectivity index (χ1v) is 6.30. The van der Waals surface area contributed by atoms with Crippen LogP contribution in [0.25, 0.3) is 22.0 Å². The minimum atomic E-state index is -0.539. The zero-order valence-electron chi connectivity index (χ0n) is 10.3. The van der Waals surface area contributed by atoms with E-state index in [1.807, 2.05) is 0 Å². The molecule has 1 heterocycles. The smallest absolute Gasteiger partial charge is 0.265 e. The van der Waals surface area contributed by atoms with E-state index in [1.54, 1.807) is 30.3 Å². The maximum Gasteiger partial charge on any atom is 0.265 e. The minimum Gasteiger partial charge on any atom is -0.364 e. The third kappa shape index (κ3) is 2.14. The van der Waals surface area contributed by atoms with Gasteiger partial charge in [0.25, 0.3) is 5.91 Å². The Hall–Kier alpha value is -2.33. The number of nitrogens with one attached hydrogen (secondary N) is 1.